The third kappa shape index (κ3) is 3.87. The molecule has 0 saturated carbocycles. The summed E-state index contributed by atoms with van der Waals surface area (Å²) in [6.07, 6.45) is 2.99. The first kappa shape index (κ1) is 18.5. The number of nitrogens with two attached hydrogens (primary N) is 1. The number of benzene rings is 1. The molecule has 1 amide bonds. The molecule has 0 saturated heterocycles. The van der Waals surface area contributed by atoms with Gasteiger partial charge < -0.3 is 26.0 Å². The van der Waals surface area contributed by atoms with E-state index in [4.69, 9.17) is 10.5 Å². The lowest BCUT2D eigenvalue weighted by atomic mass is 9.98. The number of fused-ring (bicyclic) bond motifs is 2. The highest BCUT2D eigenvalue weighted by atomic mass is 16.5. The monoisotopic (exact) mass is 382 g/mol. The van der Waals surface area contributed by atoms with E-state index in [2.05, 4.69) is 45.7 Å². The first-order valence-corrected chi connectivity index (χ1v) is 9.80. The van der Waals surface area contributed by atoms with E-state index in [1.54, 1.807) is 0 Å². The van der Waals surface area contributed by atoms with E-state index < -0.39 is 0 Å². The van der Waals surface area contributed by atoms with Crippen LogP contribution in [0.3, 0.4) is 0 Å². The number of hydrogen-bond acceptors (Lipinski definition) is 7. The summed E-state index contributed by atoms with van der Waals surface area (Å²) in [4.78, 5) is 22.8. The van der Waals surface area contributed by atoms with Crippen molar-refractivity contribution >= 4 is 23.2 Å². The number of carbonyl (C=O) groups excluding carboxylic acids is 1. The van der Waals surface area contributed by atoms with Crippen LogP contribution in [0.25, 0.3) is 0 Å². The number of hydrogen-bond donors (Lipinski definition) is 3. The Balaban J connectivity index is 1.60. The van der Waals surface area contributed by atoms with Crippen LogP contribution in [0.2, 0.25) is 0 Å². The Morgan fingerprint density at radius 1 is 1.29 bits per heavy atom. The van der Waals surface area contributed by atoms with Crippen LogP contribution >= 0.6 is 0 Å². The van der Waals surface area contributed by atoms with Crippen molar-refractivity contribution in [3.8, 4) is 6.01 Å². The summed E-state index contributed by atoms with van der Waals surface area (Å²) in [7, 11) is 0. The first-order chi connectivity index (χ1) is 13.6. The molecule has 148 valence electrons. The Morgan fingerprint density at radius 2 is 2.18 bits per heavy atom. The molecule has 28 heavy (non-hydrogen) atoms. The lowest BCUT2D eigenvalue weighted by Crippen LogP contribution is -2.39. The van der Waals surface area contributed by atoms with Crippen molar-refractivity contribution < 1.29 is 9.53 Å². The maximum atomic E-state index is 12.2. The van der Waals surface area contributed by atoms with E-state index in [0.29, 0.717) is 24.7 Å². The van der Waals surface area contributed by atoms with Crippen LogP contribution in [0.4, 0.5) is 17.3 Å². The van der Waals surface area contributed by atoms with Gasteiger partial charge >= 0.3 is 6.01 Å². The summed E-state index contributed by atoms with van der Waals surface area (Å²) in [5, 5.41) is 6.19. The zero-order valence-corrected chi connectivity index (χ0v) is 16.1. The molecule has 0 bridgehead atoms. The number of unbranched alkanes of at least 4 members (excludes halogenated alkanes) is 1. The van der Waals surface area contributed by atoms with Crippen LogP contribution in [0, 0.1) is 0 Å². The molecule has 1 aromatic heterocycles. The SMILES string of the molecule is CCCCOc1nc(N)c2c(n1)N(Cc1ccc3c(c1)CNCC3)CC(=O)N2. The van der Waals surface area contributed by atoms with Gasteiger partial charge in [0.25, 0.3) is 0 Å². The molecule has 8 heteroatoms. The predicted molar refractivity (Wildman–Crippen MR) is 108 cm³/mol. The maximum Gasteiger partial charge on any atom is 0.320 e. The fourth-order valence-electron chi connectivity index (χ4n) is 3.58. The second-order valence-electron chi connectivity index (χ2n) is 7.23. The Morgan fingerprint density at radius 3 is 3.04 bits per heavy atom. The molecule has 0 unspecified atom stereocenters. The molecule has 4 rings (SSSR count). The molecule has 2 aliphatic rings. The summed E-state index contributed by atoms with van der Waals surface area (Å²) in [5.41, 5.74) is 10.4. The summed E-state index contributed by atoms with van der Waals surface area (Å²) >= 11 is 0. The van der Waals surface area contributed by atoms with Crippen molar-refractivity contribution in [3.05, 3.63) is 34.9 Å². The van der Waals surface area contributed by atoms with Gasteiger partial charge in [0.05, 0.1) is 13.2 Å². The zero-order chi connectivity index (χ0) is 19.5. The van der Waals surface area contributed by atoms with Crippen molar-refractivity contribution in [2.24, 2.45) is 0 Å². The van der Waals surface area contributed by atoms with Gasteiger partial charge in [0.2, 0.25) is 5.91 Å². The summed E-state index contributed by atoms with van der Waals surface area (Å²) < 4.78 is 5.64. The highest BCUT2D eigenvalue weighted by Crippen LogP contribution is 2.34. The molecule has 0 radical (unpaired) electrons. The van der Waals surface area contributed by atoms with Gasteiger partial charge in [0.1, 0.15) is 5.69 Å². The highest BCUT2D eigenvalue weighted by Gasteiger charge is 2.27. The molecule has 8 nitrogen and oxygen atoms in total. The second-order valence-corrected chi connectivity index (χ2v) is 7.23. The number of amides is 1. The molecule has 0 fully saturated rings. The fourth-order valence-corrected chi connectivity index (χ4v) is 3.58. The normalized spacial score (nSPS) is 15.6. The van der Waals surface area contributed by atoms with Crippen molar-refractivity contribution in [1.82, 2.24) is 15.3 Å². The Bertz CT molecular complexity index is 885. The largest absolute Gasteiger partial charge is 0.463 e. The Labute approximate surface area is 164 Å². The van der Waals surface area contributed by atoms with Crippen LogP contribution in [0.15, 0.2) is 18.2 Å². The quantitative estimate of drug-likeness (QED) is 0.655. The van der Waals surface area contributed by atoms with Crippen LogP contribution < -0.4 is 26.0 Å². The van der Waals surface area contributed by atoms with Gasteiger partial charge in [-0.3, -0.25) is 4.79 Å². The smallest absolute Gasteiger partial charge is 0.320 e. The lowest BCUT2D eigenvalue weighted by Gasteiger charge is -2.30. The zero-order valence-electron chi connectivity index (χ0n) is 16.1. The van der Waals surface area contributed by atoms with Gasteiger partial charge in [-0.15, -0.1) is 0 Å². The van der Waals surface area contributed by atoms with Crippen molar-refractivity contribution in [2.75, 3.05) is 35.6 Å². The van der Waals surface area contributed by atoms with Gasteiger partial charge in [-0.05, 0) is 36.1 Å². The molecule has 0 spiro atoms. The van der Waals surface area contributed by atoms with Crippen LogP contribution in [-0.2, 0) is 24.3 Å². The van der Waals surface area contributed by atoms with E-state index >= 15 is 0 Å². The van der Waals surface area contributed by atoms with Gasteiger partial charge in [0, 0.05) is 13.1 Å². The number of nitrogens with one attached hydrogen (secondary N) is 2. The topological polar surface area (TPSA) is 105 Å². The molecule has 1 aromatic carbocycles. The van der Waals surface area contributed by atoms with E-state index in [0.717, 1.165) is 37.9 Å². The average molecular weight is 382 g/mol. The molecule has 2 aromatic rings. The average Bonchev–Trinajstić information content (AvgIpc) is 2.69. The summed E-state index contributed by atoms with van der Waals surface area (Å²) in [6, 6.07) is 6.76. The number of nitrogens with zero attached hydrogens (tertiary/aromatic N) is 3. The summed E-state index contributed by atoms with van der Waals surface area (Å²) in [5.74, 6) is 0.709. The Hall–Kier alpha value is -2.87. The minimum atomic E-state index is -0.123. The molecule has 0 atom stereocenters. The van der Waals surface area contributed by atoms with Gasteiger partial charge in [-0.2, -0.15) is 9.97 Å². The minimum Gasteiger partial charge on any atom is -0.463 e. The fraction of sp³-hybridized carbons (Fsp3) is 0.450. The first-order valence-electron chi connectivity index (χ1n) is 9.80. The van der Waals surface area contributed by atoms with Gasteiger partial charge in [-0.1, -0.05) is 31.5 Å². The molecular formula is C20H26N6O2. The second kappa shape index (κ2) is 8.02. The minimum absolute atomic E-state index is 0.123. The van der Waals surface area contributed by atoms with Crippen LogP contribution in [0.1, 0.15) is 36.5 Å². The number of ether oxygens (including phenoxy) is 1. The van der Waals surface area contributed by atoms with Crippen molar-refractivity contribution in [3.63, 3.8) is 0 Å². The molecule has 4 N–H and O–H groups in total. The van der Waals surface area contributed by atoms with E-state index in [9.17, 15) is 4.79 Å². The standard InChI is InChI=1S/C20H26N6O2/c1-2-3-8-28-20-24-18(21)17-19(25-20)26(12-16(27)23-17)11-13-4-5-14-6-7-22-10-15(14)9-13/h4-5,9,22H,2-3,6-8,10-12H2,1H3,(H,23,27)(H2,21,24,25). The lowest BCUT2D eigenvalue weighted by molar-refractivity contribution is -0.115. The van der Waals surface area contributed by atoms with E-state index in [1.165, 1.54) is 11.1 Å². The van der Waals surface area contributed by atoms with Crippen molar-refractivity contribution in [1.29, 1.82) is 0 Å². The van der Waals surface area contributed by atoms with Crippen LogP contribution in [-0.4, -0.2) is 35.6 Å². The van der Waals surface area contributed by atoms with Crippen LogP contribution in [0.5, 0.6) is 6.01 Å². The molecule has 0 aliphatic carbocycles. The maximum absolute atomic E-state index is 12.2. The number of carbonyl (C=O) groups is 1. The number of aromatic nitrogens is 2. The third-order valence-electron chi connectivity index (χ3n) is 5.06. The number of nitrogen functional groups attached to an aromatic ring is 1. The predicted octanol–water partition coefficient (Wildman–Crippen LogP) is 1.84. The van der Waals surface area contributed by atoms with E-state index in [1.807, 2.05) is 4.90 Å². The third-order valence-corrected chi connectivity index (χ3v) is 5.06. The molecule has 2 aliphatic heterocycles. The number of rotatable bonds is 6. The summed E-state index contributed by atoms with van der Waals surface area (Å²) in [6.45, 7) is 5.31. The molecule has 3 heterocycles. The van der Waals surface area contributed by atoms with Crippen molar-refractivity contribution in [2.45, 2.75) is 39.3 Å². The highest BCUT2D eigenvalue weighted by molar-refractivity contribution is 6.03. The Kier molecular flexibility index (Phi) is 5.29. The van der Waals surface area contributed by atoms with Gasteiger partial charge in [0.15, 0.2) is 11.6 Å². The number of anilines is 3. The van der Waals surface area contributed by atoms with E-state index in [-0.39, 0.29) is 24.3 Å². The molecular weight excluding hydrogens is 356 g/mol. The van der Waals surface area contributed by atoms with Gasteiger partial charge in [-0.25, -0.2) is 0 Å².